The number of benzene rings is 1. The van der Waals surface area contributed by atoms with Gasteiger partial charge in [-0.15, -0.1) is 0 Å². The van der Waals surface area contributed by atoms with Crippen LogP contribution in [0.5, 0.6) is 5.75 Å². The van der Waals surface area contributed by atoms with Crippen LogP contribution < -0.4 is 10.1 Å². The Morgan fingerprint density at radius 3 is 2.86 bits per heavy atom. The first-order chi connectivity index (χ1) is 10.5. The maximum absolute atomic E-state index is 12.4. The summed E-state index contributed by atoms with van der Waals surface area (Å²) in [6.07, 6.45) is 2.05. The van der Waals surface area contributed by atoms with Gasteiger partial charge >= 0.3 is 0 Å². The first-order valence-electron chi connectivity index (χ1n) is 7.55. The van der Waals surface area contributed by atoms with E-state index in [1.807, 2.05) is 13.8 Å². The van der Waals surface area contributed by atoms with Crippen LogP contribution in [0, 0.1) is 0 Å². The number of nitrogens with one attached hydrogen (secondary N) is 1. The van der Waals surface area contributed by atoms with Crippen LogP contribution in [0.1, 0.15) is 33.1 Å². The van der Waals surface area contributed by atoms with E-state index in [1.54, 1.807) is 18.2 Å². The number of hydrogen-bond acceptors (Lipinski definition) is 3. The SMILES string of the molecule is CC[C@H](Oc1ccc(Cl)cc1Cl)C(=O)N[C@H](C)[C@H]1CCCO1. The van der Waals surface area contributed by atoms with E-state index in [-0.39, 0.29) is 18.1 Å². The largest absolute Gasteiger partial charge is 0.479 e. The van der Waals surface area contributed by atoms with Crippen molar-refractivity contribution < 1.29 is 14.3 Å². The first-order valence-corrected chi connectivity index (χ1v) is 8.30. The molecule has 1 N–H and O–H groups in total. The van der Waals surface area contributed by atoms with Gasteiger partial charge in [-0.2, -0.15) is 0 Å². The molecule has 1 saturated heterocycles. The Kier molecular flexibility index (Phi) is 6.36. The van der Waals surface area contributed by atoms with E-state index in [0.717, 1.165) is 19.4 Å². The van der Waals surface area contributed by atoms with Crippen molar-refractivity contribution in [2.75, 3.05) is 6.61 Å². The third-order valence-electron chi connectivity index (χ3n) is 3.72. The molecule has 1 aliphatic heterocycles. The molecule has 0 saturated carbocycles. The molecule has 4 nitrogen and oxygen atoms in total. The number of rotatable bonds is 6. The maximum Gasteiger partial charge on any atom is 0.261 e. The van der Waals surface area contributed by atoms with Crippen LogP contribution >= 0.6 is 23.2 Å². The van der Waals surface area contributed by atoms with Crippen LogP contribution in [0.4, 0.5) is 0 Å². The second kappa shape index (κ2) is 8.04. The lowest BCUT2D eigenvalue weighted by Gasteiger charge is -2.24. The molecule has 0 unspecified atom stereocenters. The number of carbonyl (C=O) groups excluding carboxylic acids is 1. The highest BCUT2D eigenvalue weighted by Gasteiger charge is 2.27. The summed E-state index contributed by atoms with van der Waals surface area (Å²) in [5.41, 5.74) is 0. The molecule has 1 aromatic carbocycles. The molecule has 1 heterocycles. The van der Waals surface area contributed by atoms with Gasteiger partial charge in [-0.1, -0.05) is 30.1 Å². The Morgan fingerprint density at radius 2 is 2.27 bits per heavy atom. The minimum absolute atomic E-state index is 0.0339. The molecular formula is C16H21Cl2NO3. The fourth-order valence-electron chi connectivity index (χ4n) is 2.45. The van der Waals surface area contributed by atoms with Crippen LogP contribution in [0.25, 0.3) is 0 Å². The average molecular weight is 346 g/mol. The predicted molar refractivity (Wildman–Crippen MR) is 87.7 cm³/mol. The maximum atomic E-state index is 12.4. The van der Waals surface area contributed by atoms with Crippen molar-refractivity contribution in [3.8, 4) is 5.75 Å². The monoisotopic (exact) mass is 345 g/mol. The van der Waals surface area contributed by atoms with Crippen LogP contribution in [-0.4, -0.2) is 30.8 Å². The quantitative estimate of drug-likeness (QED) is 0.852. The van der Waals surface area contributed by atoms with Gasteiger partial charge in [0.05, 0.1) is 17.2 Å². The average Bonchev–Trinajstić information content (AvgIpc) is 3.00. The van der Waals surface area contributed by atoms with Gasteiger partial charge in [0.1, 0.15) is 5.75 Å². The highest BCUT2D eigenvalue weighted by Crippen LogP contribution is 2.28. The summed E-state index contributed by atoms with van der Waals surface area (Å²) in [6, 6.07) is 4.92. The Balaban J connectivity index is 1.96. The zero-order valence-electron chi connectivity index (χ0n) is 12.8. The molecule has 0 spiro atoms. The summed E-state index contributed by atoms with van der Waals surface area (Å²) in [5, 5.41) is 3.89. The first kappa shape index (κ1) is 17.4. The van der Waals surface area contributed by atoms with Crippen molar-refractivity contribution >= 4 is 29.1 Å². The fourth-order valence-corrected chi connectivity index (χ4v) is 2.91. The van der Waals surface area contributed by atoms with E-state index in [9.17, 15) is 4.79 Å². The third-order valence-corrected chi connectivity index (χ3v) is 4.25. The van der Waals surface area contributed by atoms with Gasteiger partial charge in [-0.25, -0.2) is 0 Å². The van der Waals surface area contributed by atoms with Crippen LogP contribution in [0.15, 0.2) is 18.2 Å². The van der Waals surface area contributed by atoms with Gasteiger partial charge in [0.15, 0.2) is 6.10 Å². The van der Waals surface area contributed by atoms with Crippen molar-refractivity contribution in [3.05, 3.63) is 28.2 Å². The summed E-state index contributed by atoms with van der Waals surface area (Å²) in [7, 11) is 0. The third kappa shape index (κ3) is 4.51. The van der Waals surface area contributed by atoms with Crippen molar-refractivity contribution in [1.29, 1.82) is 0 Å². The van der Waals surface area contributed by atoms with E-state index in [0.29, 0.717) is 22.2 Å². The zero-order chi connectivity index (χ0) is 16.1. The Hall–Kier alpha value is -0.970. The molecule has 1 aliphatic rings. The lowest BCUT2D eigenvalue weighted by atomic mass is 10.1. The molecule has 1 aromatic rings. The summed E-state index contributed by atoms with van der Waals surface area (Å²) in [5.74, 6) is 0.300. The minimum Gasteiger partial charge on any atom is -0.479 e. The standard InChI is InChI=1S/C16H21Cl2NO3/c1-3-13(22-15-7-6-11(17)9-12(15)18)16(20)19-10(2)14-5-4-8-21-14/h6-7,9-10,13-14H,3-5,8H2,1-2H3,(H,19,20)/t10-,13+,14-/m1/s1. The van der Waals surface area contributed by atoms with Crippen molar-refractivity contribution in [2.45, 2.75) is 51.4 Å². The molecule has 1 fully saturated rings. The normalized spacial score (nSPS) is 20.5. The van der Waals surface area contributed by atoms with E-state index in [1.165, 1.54) is 0 Å². The number of hydrogen-bond donors (Lipinski definition) is 1. The van der Waals surface area contributed by atoms with Gasteiger partial charge in [0.2, 0.25) is 0 Å². The van der Waals surface area contributed by atoms with Gasteiger partial charge < -0.3 is 14.8 Å². The van der Waals surface area contributed by atoms with Crippen LogP contribution in [-0.2, 0) is 9.53 Å². The molecule has 0 aliphatic carbocycles. The van der Waals surface area contributed by atoms with Gasteiger partial charge in [-0.05, 0) is 44.4 Å². The zero-order valence-corrected chi connectivity index (χ0v) is 14.3. The summed E-state index contributed by atoms with van der Waals surface area (Å²) in [6.45, 7) is 4.61. The Labute approximate surface area is 141 Å². The molecule has 6 heteroatoms. The summed E-state index contributed by atoms with van der Waals surface area (Å²) in [4.78, 5) is 12.4. The van der Waals surface area contributed by atoms with Crippen LogP contribution in [0.3, 0.4) is 0 Å². The number of ether oxygens (including phenoxy) is 2. The van der Waals surface area contributed by atoms with E-state index < -0.39 is 6.10 Å². The molecule has 122 valence electrons. The molecule has 0 bridgehead atoms. The van der Waals surface area contributed by atoms with Crippen molar-refractivity contribution in [3.63, 3.8) is 0 Å². The Morgan fingerprint density at radius 1 is 1.50 bits per heavy atom. The second-order valence-corrected chi connectivity index (χ2v) is 6.28. The lowest BCUT2D eigenvalue weighted by molar-refractivity contribution is -0.129. The smallest absolute Gasteiger partial charge is 0.261 e. The highest BCUT2D eigenvalue weighted by atomic mass is 35.5. The summed E-state index contributed by atoms with van der Waals surface area (Å²) < 4.78 is 11.3. The van der Waals surface area contributed by atoms with Crippen molar-refractivity contribution in [2.24, 2.45) is 0 Å². The molecule has 1 amide bonds. The van der Waals surface area contributed by atoms with Gasteiger partial charge in [0, 0.05) is 11.6 Å². The molecule has 2 rings (SSSR count). The number of amides is 1. The topological polar surface area (TPSA) is 47.6 Å². The molecule has 22 heavy (non-hydrogen) atoms. The number of halogens is 2. The molecule has 0 radical (unpaired) electrons. The minimum atomic E-state index is -0.595. The molecule has 0 aromatic heterocycles. The van der Waals surface area contributed by atoms with E-state index >= 15 is 0 Å². The predicted octanol–water partition coefficient (Wildman–Crippen LogP) is 3.83. The summed E-state index contributed by atoms with van der Waals surface area (Å²) >= 11 is 11.9. The van der Waals surface area contributed by atoms with E-state index in [4.69, 9.17) is 32.7 Å². The molecular weight excluding hydrogens is 325 g/mol. The molecule has 3 atom stereocenters. The van der Waals surface area contributed by atoms with Gasteiger partial charge in [0.25, 0.3) is 5.91 Å². The van der Waals surface area contributed by atoms with E-state index in [2.05, 4.69) is 5.32 Å². The number of carbonyl (C=O) groups is 1. The highest BCUT2D eigenvalue weighted by molar-refractivity contribution is 6.35. The van der Waals surface area contributed by atoms with Gasteiger partial charge in [-0.3, -0.25) is 4.79 Å². The van der Waals surface area contributed by atoms with Crippen molar-refractivity contribution in [1.82, 2.24) is 5.32 Å². The Bertz CT molecular complexity index is 518. The second-order valence-electron chi connectivity index (χ2n) is 5.44. The fraction of sp³-hybridized carbons (Fsp3) is 0.562. The van der Waals surface area contributed by atoms with Crippen LogP contribution in [0.2, 0.25) is 10.0 Å². The lowest BCUT2D eigenvalue weighted by Crippen LogP contribution is -2.47.